The van der Waals surface area contributed by atoms with E-state index >= 15 is 0 Å². The molecule has 0 unspecified atom stereocenters. The summed E-state index contributed by atoms with van der Waals surface area (Å²) >= 11 is 0. The number of carbonyl (C=O) groups excluding carboxylic acids is 1. The van der Waals surface area contributed by atoms with Crippen molar-refractivity contribution < 1.29 is 9.53 Å². The molecule has 0 aromatic heterocycles. The molecule has 0 bridgehead atoms. The predicted molar refractivity (Wildman–Crippen MR) is 69.3 cm³/mol. The number of hydrogen-bond acceptors (Lipinski definition) is 3. The van der Waals surface area contributed by atoms with Crippen molar-refractivity contribution in [3.63, 3.8) is 0 Å². The molecule has 18 heavy (non-hydrogen) atoms. The standard InChI is InChI=1S/C14H14N2O2/c1-16(2)14(17)18-13(10-6-7-11-15)12-8-4-3-5-9-12/h3-10H,1-2H3/b7-6+,13-10-. The Morgan fingerprint density at radius 1 is 1.33 bits per heavy atom. The average Bonchev–Trinajstić information content (AvgIpc) is 2.38. The fourth-order valence-electron chi connectivity index (χ4n) is 1.16. The molecule has 0 spiro atoms. The van der Waals surface area contributed by atoms with Gasteiger partial charge in [0.05, 0.1) is 6.07 Å². The number of benzene rings is 1. The highest BCUT2D eigenvalue weighted by Crippen LogP contribution is 2.16. The first kappa shape index (κ1) is 13.5. The van der Waals surface area contributed by atoms with E-state index in [1.165, 1.54) is 17.1 Å². The Balaban J connectivity index is 2.97. The third kappa shape index (κ3) is 4.14. The van der Waals surface area contributed by atoms with Crippen LogP contribution in [-0.2, 0) is 4.74 Å². The monoisotopic (exact) mass is 242 g/mol. The number of carbonyl (C=O) groups is 1. The molecule has 0 heterocycles. The summed E-state index contributed by atoms with van der Waals surface area (Å²) in [5.41, 5.74) is 0.773. The normalized spacial score (nSPS) is 11.1. The van der Waals surface area contributed by atoms with Crippen LogP contribution in [0.3, 0.4) is 0 Å². The van der Waals surface area contributed by atoms with E-state index in [1.54, 1.807) is 20.2 Å². The largest absolute Gasteiger partial charge is 0.414 e. The van der Waals surface area contributed by atoms with Gasteiger partial charge in [-0.25, -0.2) is 4.79 Å². The minimum absolute atomic E-state index is 0.404. The van der Waals surface area contributed by atoms with Crippen LogP contribution in [-0.4, -0.2) is 25.1 Å². The Morgan fingerprint density at radius 2 is 2.00 bits per heavy atom. The minimum Gasteiger partial charge on any atom is -0.410 e. The Kier molecular flexibility index (Phi) is 5.20. The van der Waals surface area contributed by atoms with Crippen LogP contribution in [0.15, 0.2) is 48.6 Å². The zero-order valence-corrected chi connectivity index (χ0v) is 10.3. The molecule has 1 aromatic carbocycles. The van der Waals surface area contributed by atoms with Gasteiger partial charge in [-0.1, -0.05) is 30.3 Å². The van der Waals surface area contributed by atoms with Crippen LogP contribution in [0, 0.1) is 11.3 Å². The number of amides is 1. The van der Waals surface area contributed by atoms with Crippen LogP contribution in [0.1, 0.15) is 5.56 Å². The van der Waals surface area contributed by atoms with Crippen molar-refractivity contribution in [1.29, 1.82) is 5.26 Å². The van der Waals surface area contributed by atoms with Gasteiger partial charge in [-0.2, -0.15) is 5.26 Å². The van der Waals surface area contributed by atoms with Gasteiger partial charge in [0.2, 0.25) is 0 Å². The number of nitrogens with zero attached hydrogens (tertiary/aromatic N) is 2. The van der Waals surface area contributed by atoms with E-state index in [4.69, 9.17) is 10.00 Å². The molecular weight excluding hydrogens is 228 g/mol. The van der Waals surface area contributed by atoms with Crippen molar-refractivity contribution in [2.75, 3.05) is 14.1 Å². The molecule has 1 aromatic rings. The molecule has 1 amide bonds. The topological polar surface area (TPSA) is 53.3 Å². The molecule has 0 saturated carbocycles. The summed E-state index contributed by atoms with van der Waals surface area (Å²) in [5, 5.41) is 8.44. The Bertz CT molecular complexity index is 496. The van der Waals surface area contributed by atoms with Gasteiger partial charge in [0, 0.05) is 25.7 Å². The third-order valence-corrected chi connectivity index (χ3v) is 2.04. The van der Waals surface area contributed by atoms with Crippen LogP contribution in [0.4, 0.5) is 4.79 Å². The quantitative estimate of drug-likeness (QED) is 0.465. The molecule has 4 heteroatoms. The van der Waals surface area contributed by atoms with Crippen LogP contribution < -0.4 is 0 Å². The van der Waals surface area contributed by atoms with Crippen molar-refractivity contribution >= 4 is 11.9 Å². The maximum atomic E-state index is 11.5. The molecule has 0 aliphatic carbocycles. The van der Waals surface area contributed by atoms with Gasteiger partial charge in [0.15, 0.2) is 0 Å². The van der Waals surface area contributed by atoms with E-state index < -0.39 is 6.09 Å². The first-order chi connectivity index (χ1) is 8.65. The van der Waals surface area contributed by atoms with Gasteiger partial charge in [-0.3, -0.25) is 0 Å². The van der Waals surface area contributed by atoms with Gasteiger partial charge in [-0.05, 0) is 12.2 Å². The molecule has 0 saturated heterocycles. The molecule has 92 valence electrons. The SMILES string of the molecule is CN(C)C(=O)O/C(=C\C=C\C#N)c1ccccc1. The van der Waals surface area contributed by atoms with Crippen LogP contribution in [0.5, 0.6) is 0 Å². The van der Waals surface area contributed by atoms with Gasteiger partial charge in [0.25, 0.3) is 0 Å². The number of ether oxygens (including phenoxy) is 1. The summed E-state index contributed by atoms with van der Waals surface area (Å²) in [6, 6.07) is 11.1. The summed E-state index contributed by atoms with van der Waals surface area (Å²) in [7, 11) is 3.21. The van der Waals surface area contributed by atoms with Crippen LogP contribution in [0.2, 0.25) is 0 Å². The number of allylic oxidation sites excluding steroid dienone is 3. The molecule has 1 rings (SSSR count). The second-order valence-electron chi connectivity index (χ2n) is 3.65. The molecule has 0 fully saturated rings. The number of rotatable bonds is 3. The third-order valence-electron chi connectivity index (χ3n) is 2.04. The second kappa shape index (κ2) is 6.92. The van der Waals surface area contributed by atoms with Crippen molar-refractivity contribution in [3.05, 3.63) is 54.1 Å². The van der Waals surface area contributed by atoms with Gasteiger partial charge in [0.1, 0.15) is 5.76 Å². The van der Waals surface area contributed by atoms with E-state index in [-0.39, 0.29) is 0 Å². The average molecular weight is 242 g/mol. The number of nitriles is 1. The fraction of sp³-hybridized carbons (Fsp3) is 0.143. The van der Waals surface area contributed by atoms with Gasteiger partial charge >= 0.3 is 6.09 Å². The highest BCUT2D eigenvalue weighted by molar-refractivity contribution is 5.77. The van der Waals surface area contributed by atoms with E-state index in [9.17, 15) is 4.79 Å². The molecular formula is C14H14N2O2. The summed E-state index contributed by atoms with van der Waals surface area (Å²) in [6.45, 7) is 0. The maximum absolute atomic E-state index is 11.5. The smallest absolute Gasteiger partial charge is 0.410 e. The number of hydrogen-bond donors (Lipinski definition) is 0. The van der Waals surface area contributed by atoms with E-state index in [2.05, 4.69) is 0 Å². The maximum Gasteiger partial charge on any atom is 0.414 e. The molecule has 0 radical (unpaired) electrons. The van der Waals surface area contributed by atoms with Crippen molar-refractivity contribution in [2.45, 2.75) is 0 Å². The summed E-state index contributed by atoms with van der Waals surface area (Å²) in [5.74, 6) is 0.404. The lowest BCUT2D eigenvalue weighted by Crippen LogP contribution is -2.22. The Labute approximate surface area is 106 Å². The fourth-order valence-corrected chi connectivity index (χ4v) is 1.16. The second-order valence-corrected chi connectivity index (χ2v) is 3.65. The molecule has 0 atom stereocenters. The summed E-state index contributed by atoms with van der Waals surface area (Å²) < 4.78 is 5.23. The molecule has 4 nitrogen and oxygen atoms in total. The lowest BCUT2D eigenvalue weighted by atomic mass is 10.2. The summed E-state index contributed by atoms with van der Waals surface area (Å²) in [6.07, 6.45) is 3.97. The molecule has 0 aliphatic heterocycles. The van der Waals surface area contributed by atoms with E-state index in [0.29, 0.717) is 5.76 Å². The van der Waals surface area contributed by atoms with Crippen molar-refractivity contribution in [1.82, 2.24) is 4.90 Å². The molecule has 0 N–H and O–H groups in total. The van der Waals surface area contributed by atoms with Gasteiger partial charge in [-0.15, -0.1) is 0 Å². The highest BCUT2D eigenvalue weighted by Gasteiger charge is 2.10. The van der Waals surface area contributed by atoms with Crippen LogP contribution in [0.25, 0.3) is 5.76 Å². The first-order valence-corrected chi connectivity index (χ1v) is 5.36. The first-order valence-electron chi connectivity index (χ1n) is 5.36. The lowest BCUT2D eigenvalue weighted by molar-refractivity contribution is 0.162. The van der Waals surface area contributed by atoms with Crippen LogP contribution >= 0.6 is 0 Å². The zero-order valence-electron chi connectivity index (χ0n) is 10.3. The lowest BCUT2D eigenvalue weighted by Gasteiger charge is -2.13. The van der Waals surface area contributed by atoms with Gasteiger partial charge < -0.3 is 9.64 Å². The molecule has 0 aliphatic rings. The van der Waals surface area contributed by atoms with E-state index in [0.717, 1.165) is 5.56 Å². The van der Waals surface area contributed by atoms with Crippen molar-refractivity contribution in [2.24, 2.45) is 0 Å². The minimum atomic E-state index is -0.463. The van der Waals surface area contributed by atoms with Crippen molar-refractivity contribution in [3.8, 4) is 6.07 Å². The predicted octanol–water partition coefficient (Wildman–Crippen LogP) is 2.81. The Morgan fingerprint density at radius 3 is 2.56 bits per heavy atom. The summed E-state index contributed by atoms with van der Waals surface area (Å²) in [4.78, 5) is 12.9. The zero-order chi connectivity index (χ0) is 13.4. The Hall–Kier alpha value is -2.54. The highest BCUT2D eigenvalue weighted by atomic mass is 16.6. The van der Waals surface area contributed by atoms with E-state index in [1.807, 2.05) is 36.4 Å².